The number of piperidine rings is 2. The molecule has 0 radical (unpaired) electrons. The first kappa shape index (κ1) is 17.6. The lowest BCUT2D eigenvalue weighted by molar-refractivity contribution is 0.212. The average Bonchev–Trinajstić information content (AvgIpc) is 2.63. The van der Waals surface area contributed by atoms with Crippen LogP contribution in [-0.4, -0.2) is 48.2 Å². The maximum Gasteiger partial charge on any atom is 0.125 e. The molecule has 0 spiro atoms. The number of phenols is 1. The molecule has 0 unspecified atom stereocenters. The Morgan fingerprint density at radius 3 is 2.00 bits per heavy atom. The molecule has 4 heteroatoms. The molecule has 0 aliphatic carbocycles. The summed E-state index contributed by atoms with van der Waals surface area (Å²) in [4.78, 5) is 4.92. The third-order valence-electron chi connectivity index (χ3n) is 5.61. The van der Waals surface area contributed by atoms with E-state index in [4.69, 9.17) is 4.74 Å². The van der Waals surface area contributed by atoms with Crippen molar-refractivity contribution >= 4 is 0 Å². The van der Waals surface area contributed by atoms with Crippen molar-refractivity contribution in [2.24, 2.45) is 0 Å². The fourth-order valence-electron chi connectivity index (χ4n) is 4.08. The molecule has 24 heavy (non-hydrogen) atoms. The molecular weight excluding hydrogens is 300 g/mol. The average molecular weight is 332 g/mol. The Morgan fingerprint density at radius 1 is 0.917 bits per heavy atom. The molecule has 2 saturated heterocycles. The molecule has 134 valence electrons. The van der Waals surface area contributed by atoms with Crippen LogP contribution in [0.4, 0.5) is 0 Å². The van der Waals surface area contributed by atoms with Crippen LogP contribution in [0.2, 0.25) is 0 Å². The van der Waals surface area contributed by atoms with E-state index < -0.39 is 0 Å². The summed E-state index contributed by atoms with van der Waals surface area (Å²) in [7, 11) is 1.73. The zero-order valence-electron chi connectivity index (χ0n) is 15.3. The van der Waals surface area contributed by atoms with Gasteiger partial charge in [0, 0.05) is 24.2 Å². The fraction of sp³-hybridized carbons (Fsp3) is 0.700. The first-order chi connectivity index (χ1) is 11.7. The van der Waals surface area contributed by atoms with Crippen molar-refractivity contribution in [2.45, 2.75) is 58.5 Å². The minimum absolute atomic E-state index is 0.490. The van der Waals surface area contributed by atoms with Crippen molar-refractivity contribution in [2.75, 3.05) is 33.3 Å². The zero-order valence-corrected chi connectivity index (χ0v) is 15.3. The molecule has 2 heterocycles. The number of aromatic hydroxyl groups is 1. The Bertz CT molecular complexity index is 547. The first-order valence-electron chi connectivity index (χ1n) is 9.52. The van der Waals surface area contributed by atoms with Gasteiger partial charge in [-0.3, -0.25) is 9.80 Å². The highest BCUT2D eigenvalue weighted by molar-refractivity contribution is 5.52. The summed E-state index contributed by atoms with van der Waals surface area (Å²) >= 11 is 0. The molecule has 0 amide bonds. The van der Waals surface area contributed by atoms with Gasteiger partial charge in [0.05, 0.1) is 7.11 Å². The van der Waals surface area contributed by atoms with Crippen molar-refractivity contribution in [3.05, 3.63) is 22.8 Å². The van der Waals surface area contributed by atoms with Crippen molar-refractivity contribution in [3.8, 4) is 11.5 Å². The molecule has 1 aromatic rings. The van der Waals surface area contributed by atoms with E-state index in [0.717, 1.165) is 61.7 Å². The lowest BCUT2D eigenvalue weighted by atomic mass is 9.99. The monoisotopic (exact) mass is 332 g/mol. The van der Waals surface area contributed by atoms with E-state index in [9.17, 15) is 5.11 Å². The van der Waals surface area contributed by atoms with Gasteiger partial charge in [-0.25, -0.2) is 0 Å². The predicted octanol–water partition coefficient (Wildman–Crippen LogP) is 3.68. The van der Waals surface area contributed by atoms with Crippen LogP contribution in [0.1, 0.15) is 55.2 Å². The predicted molar refractivity (Wildman–Crippen MR) is 97.7 cm³/mol. The van der Waals surface area contributed by atoms with Crippen LogP contribution in [-0.2, 0) is 13.1 Å². The van der Waals surface area contributed by atoms with Gasteiger partial charge in [0.25, 0.3) is 0 Å². The number of hydrogen-bond acceptors (Lipinski definition) is 4. The van der Waals surface area contributed by atoms with Gasteiger partial charge in [0.1, 0.15) is 11.5 Å². The molecule has 2 aliphatic rings. The fourth-order valence-corrected chi connectivity index (χ4v) is 4.08. The summed E-state index contributed by atoms with van der Waals surface area (Å²) in [6, 6.07) is 2.04. The van der Waals surface area contributed by atoms with Gasteiger partial charge in [-0.1, -0.05) is 12.8 Å². The van der Waals surface area contributed by atoms with Gasteiger partial charge in [0.2, 0.25) is 0 Å². The summed E-state index contributed by atoms with van der Waals surface area (Å²) in [6.07, 6.45) is 7.74. The highest BCUT2D eigenvalue weighted by atomic mass is 16.5. The second-order valence-corrected chi connectivity index (χ2v) is 7.36. The van der Waals surface area contributed by atoms with Crippen molar-refractivity contribution in [1.29, 1.82) is 0 Å². The summed E-state index contributed by atoms with van der Waals surface area (Å²) < 4.78 is 5.61. The van der Waals surface area contributed by atoms with E-state index >= 15 is 0 Å². The van der Waals surface area contributed by atoms with Gasteiger partial charge >= 0.3 is 0 Å². The first-order valence-corrected chi connectivity index (χ1v) is 9.52. The maximum absolute atomic E-state index is 10.9. The standard InChI is InChI=1S/C20H32N2O2/c1-16-18(15-22-11-7-4-8-12-22)20(23)17(13-19(16)24-2)14-21-9-5-3-6-10-21/h13,23H,3-12,14-15H2,1-2H3. The molecule has 3 rings (SSSR count). The molecule has 0 saturated carbocycles. The van der Waals surface area contributed by atoms with Crippen LogP contribution in [0, 0.1) is 6.92 Å². The molecule has 1 aromatic carbocycles. The molecule has 0 atom stereocenters. The molecule has 2 aliphatic heterocycles. The van der Waals surface area contributed by atoms with Crippen LogP contribution in [0.15, 0.2) is 6.07 Å². The zero-order chi connectivity index (χ0) is 16.9. The molecule has 4 nitrogen and oxygen atoms in total. The summed E-state index contributed by atoms with van der Waals surface area (Å²) in [5.74, 6) is 1.40. The number of nitrogens with zero attached hydrogens (tertiary/aromatic N) is 2. The smallest absolute Gasteiger partial charge is 0.125 e. The second kappa shape index (κ2) is 8.21. The number of rotatable bonds is 5. The van der Waals surface area contributed by atoms with E-state index in [1.165, 1.54) is 38.5 Å². The van der Waals surface area contributed by atoms with Gasteiger partial charge in [-0.2, -0.15) is 0 Å². The largest absolute Gasteiger partial charge is 0.507 e. The lowest BCUT2D eigenvalue weighted by Crippen LogP contribution is -2.30. The van der Waals surface area contributed by atoms with Gasteiger partial charge in [-0.05, 0) is 70.4 Å². The highest BCUT2D eigenvalue weighted by Crippen LogP contribution is 2.35. The Hall–Kier alpha value is -1.26. The molecular formula is C20H32N2O2. The van der Waals surface area contributed by atoms with Crippen LogP contribution in [0.3, 0.4) is 0 Å². The van der Waals surface area contributed by atoms with Gasteiger partial charge in [0.15, 0.2) is 0 Å². The number of hydrogen-bond donors (Lipinski definition) is 1. The number of phenolic OH excluding ortho intramolecular Hbond substituents is 1. The number of methoxy groups -OCH3 is 1. The van der Waals surface area contributed by atoms with Crippen LogP contribution in [0.25, 0.3) is 0 Å². The topological polar surface area (TPSA) is 35.9 Å². The Balaban J connectivity index is 1.83. The van der Waals surface area contributed by atoms with E-state index in [2.05, 4.69) is 16.7 Å². The summed E-state index contributed by atoms with van der Waals surface area (Å²) in [5.41, 5.74) is 3.16. The van der Waals surface area contributed by atoms with Gasteiger partial charge in [-0.15, -0.1) is 0 Å². The van der Waals surface area contributed by atoms with E-state index in [1.54, 1.807) is 7.11 Å². The normalized spacial score (nSPS) is 20.2. The highest BCUT2D eigenvalue weighted by Gasteiger charge is 2.21. The maximum atomic E-state index is 10.9. The minimum Gasteiger partial charge on any atom is -0.507 e. The van der Waals surface area contributed by atoms with Crippen LogP contribution < -0.4 is 4.74 Å². The van der Waals surface area contributed by atoms with Crippen molar-refractivity contribution in [1.82, 2.24) is 9.80 Å². The number of ether oxygens (including phenoxy) is 1. The third-order valence-corrected chi connectivity index (χ3v) is 5.61. The lowest BCUT2D eigenvalue weighted by Gasteiger charge is -2.30. The number of likely N-dealkylation sites (tertiary alicyclic amines) is 2. The SMILES string of the molecule is COc1cc(CN2CCCCC2)c(O)c(CN2CCCCC2)c1C. The Labute approximate surface area is 146 Å². The molecule has 1 N–H and O–H groups in total. The van der Waals surface area contributed by atoms with Crippen LogP contribution >= 0.6 is 0 Å². The van der Waals surface area contributed by atoms with E-state index in [-0.39, 0.29) is 0 Å². The van der Waals surface area contributed by atoms with E-state index in [1.807, 2.05) is 6.07 Å². The molecule has 0 aromatic heterocycles. The van der Waals surface area contributed by atoms with Crippen molar-refractivity contribution in [3.63, 3.8) is 0 Å². The molecule has 0 bridgehead atoms. The quantitative estimate of drug-likeness (QED) is 0.892. The van der Waals surface area contributed by atoms with Crippen molar-refractivity contribution < 1.29 is 9.84 Å². The van der Waals surface area contributed by atoms with Crippen LogP contribution in [0.5, 0.6) is 11.5 Å². The Morgan fingerprint density at radius 2 is 1.46 bits per heavy atom. The second-order valence-electron chi connectivity index (χ2n) is 7.36. The van der Waals surface area contributed by atoms with Gasteiger partial charge < -0.3 is 9.84 Å². The summed E-state index contributed by atoms with van der Waals surface area (Å²) in [6.45, 7) is 8.28. The minimum atomic E-state index is 0.490. The van der Waals surface area contributed by atoms with E-state index in [0.29, 0.717) is 5.75 Å². The summed E-state index contributed by atoms with van der Waals surface area (Å²) in [5, 5.41) is 10.9. The molecule has 2 fully saturated rings. The Kier molecular flexibility index (Phi) is 6.01. The number of benzene rings is 1. The third kappa shape index (κ3) is 4.04.